The van der Waals surface area contributed by atoms with E-state index in [0.717, 1.165) is 12.8 Å². The van der Waals surface area contributed by atoms with Gasteiger partial charge < -0.3 is 11.5 Å². The van der Waals surface area contributed by atoms with E-state index < -0.39 is 0 Å². The highest BCUT2D eigenvalue weighted by Gasteiger charge is 2.07. The van der Waals surface area contributed by atoms with Gasteiger partial charge >= 0.3 is 0 Å². The molecule has 0 aliphatic rings. The highest BCUT2D eigenvalue weighted by molar-refractivity contribution is 5.94. The van der Waals surface area contributed by atoms with Crippen molar-refractivity contribution in [1.82, 2.24) is 4.90 Å². The summed E-state index contributed by atoms with van der Waals surface area (Å²) < 4.78 is 0. The first kappa shape index (κ1) is 9.74. The van der Waals surface area contributed by atoms with Crippen LogP contribution in [0.1, 0.15) is 19.8 Å². The summed E-state index contributed by atoms with van der Waals surface area (Å²) >= 11 is 0. The minimum absolute atomic E-state index is 0.161. The molecule has 5 heteroatoms. The van der Waals surface area contributed by atoms with E-state index in [2.05, 4.69) is 0 Å². The van der Waals surface area contributed by atoms with E-state index in [1.54, 1.807) is 0 Å². The summed E-state index contributed by atoms with van der Waals surface area (Å²) in [4.78, 5) is 1.27. The molecule has 0 aromatic carbocycles. The number of nitrogens with one attached hydrogen (secondary N) is 2. The molecular weight excluding hydrogens is 142 g/mol. The van der Waals surface area contributed by atoms with Gasteiger partial charge in [0.1, 0.15) is 0 Å². The fraction of sp³-hybridized carbons (Fsp3) is 0.667. The lowest BCUT2D eigenvalue weighted by Crippen LogP contribution is -2.45. The Morgan fingerprint density at radius 3 is 2.00 bits per heavy atom. The molecule has 0 fully saturated rings. The molecule has 0 heterocycles. The molecule has 64 valence electrons. The van der Waals surface area contributed by atoms with Gasteiger partial charge in [0.15, 0.2) is 11.9 Å². The van der Waals surface area contributed by atoms with E-state index in [-0.39, 0.29) is 11.9 Å². The summed E-state index contributed by atoms with van der Waals surface area (Å²) in [6, 6.07) is 0. The van der Waals surface area contributed by atoms with Crippen molar-refractivity contribution < 1.29 is 0 Å². The Hall–Kier alpha value is -1.26. The van der Waals surface area contributed by atoms with Crippen molar-refractivity contribution >= 4 is 11.9 Å². The van der Waals surface area contributed by atoms with Crippen molar-refractivity contribution in [2.24, 2.45) is 11.5 Å². The van der Waals surface area contributed by atoms with Crippen LogP contribution in [0.15, 0.2) is 0 Å². The van der Waals surface area contributed by atoms with Gasteiger partial charge in [-0.05, 0) is 6.42 Å². The Morgan fingerprint density at radius 1 is 1.27 bits per heavy atom. The summed E-state index contributed by atoms with van der Waals surface area (Å²) in [7, 11) is 0. The fourth-order valence-electron chi connectivity index (χ4n) is 0.687. The maximum Gasteiger partial charge on any atom is 0.195 e. The Kier molecular flexibility index (Phi) is 4.02. The SMILES string of the molecule is CCCCN(C(=N)N)C(=N)N. The van der Waals surface area contributed by atoms with Crippen LogP contribution in [0.25, 0.3) is 0 Å². The van der Waals surface area contributed by atoms with E-state index in [1.165, 1.54) is 4.90 Å². The van der Waals surface area contributed by atoms with Gasteiger partial charge in [-0.3, -0.25) is 15.7 Å². The van der Waals surface area contributed by atoms with E-state index in [1.807, 2.05) is 6.92 Å². The van der Waals surface area contributed by atoms with Gasteiger partial charge in [0, 0.05) is 6.54 Å². The number of unbranched alkanes of at least 4 members (excludes halogenated alkanes) is 1. The van der Waals surface area contributed by atoms with Gasteiger partial charge in [-0.15, -0.1) is 0 Å². The lowest BCUT2D eigenvalue weighted by Gasteiger charge is -2.19. The van der Waals surface area contributed by atoms with Crippen LogP contribution >= 0.6 is 0 Å². The zero-order valence-electron chi connectivity index (χ0n) is 6.72. The third kappa shape index (κ3) is 3.44. The number of guanidine groups is 2. The molecule has 0 rings (SSSR count). The average molecular weight is 157 g/mol. The quantitative estimate of drug-likeness (QED) is 0.339. The van der Waals surface area contributed by atoms with Crippen LogP contribution in [0, 0.1) is 10.8 Å². The predicted octanol–water partition coefficient (Wildman–Crippen LogP) is -0.125. The standard InChI is InChI=1S/C6H15N5/c1-2-3-4-11(5(7)8)6(9)10/h2-4H2,1H3,(H3,7,8)(H3,9,10). The highest BCUT2D eigenvalue weighted by atomic mass is 15.3. The van der Waals surface area contributed by atoms with Crippen molar-refractivity contribution in [2.45, 2.75) is 19.8 Å². The average Bonchev–Trinajstić information content (AvgIpc) is 1.87. The van der Waals surface area contributed by atoms with E-state index >= 15 is 0 Å². The maximum absolute atomic E-state index is 7.04. The van der Waals surface area contributed by atoms with Crippen molar-refractivity contribution in [3.05, 3.63) is 0 Å². The lowest BCUT2D eigenvalue weighted by atomic mass is 10.3. The number of nitrogens with zero attached hydrogens (tertiary/aromatic N) is 1. The summed E-state index contributed by atoms with van der Waals surface area (Å²) in [5, 5.41) is 14.1. The largest absolute Gasteiger partial charge is 0.370 e. The number of hydrogen-bond donors (Lipinski definition) is 4. The first-order chi connectivity index (χ1) is 5.09. The van der Waals surface area contributed by atoms with E-state index in [9.17, 15) is 0 Å². The Labute approximate surface area is 66.4 Å². The molecule has 5 nitrogen and oxygen atoms in total. The van der Waals surface area contributed by atoms with Crippen molar-refractivity contribution in [2.75, 3.05) is 6.54 Å². The molecule has 0 bridgehead atoms. The Morgan fingerprint density at radius 2 is 1.73 bits per heavy atom. The fourth-order valence-corrected chi connectivity index (χ4v) is 0.687. The minimum Gasteiger partial charge on any atom is -0.370 e. The van der Waals surface area contributed by atoms with E-state index in [4.69, 9.17) is 22.3 Å². The van der Waals surface area contributed by atoms with Crippen LogP contribution in [0.4, 0.5) is 0 Å². The van der Waals surface area contributed by atoms with Crippen LogP contribution < -0.4 is 11.5 Å². The smallest absolute Gasteiger partial charge is 0.195 e. The van der Waals surface area contributed by atoms with Crippen LogP contribution in [-0.4, -0.2) is 23.4 Å². The molecule has 0 aliphatic heterocycles. The third-order valence-electron chi connectivity index (χ3n) is 1.32. The second-order valence-electron chi connectivity index (χ2n) is 2.28. The monoisotopic (exact) mass is 157 g/mol. The molecule has 0 atom stereocenters. The molecule has 0 aromatic rings. The number of rotatable bonds is 3. The van der Waals surface area contributed by atoms with Gasteiger partial charge in [0.25, 0.3) is 0 Å². The molecule has 0 aromatic heterocycles. The molecule has 6 N–H and O–H groups in total. The summed E-state index contributed by atoms with van der Waals surface area (Å²) in [6.07, 6.45) is 1.89. The van der Waals surface area contributed by atoms with Crippen LogP contribution in [0.2, 0.25) is 0 Å². The van der Waals surface area contributed by atoms with Gasteiger partial charge in [-0.1, -0.05) is 13.3 Å². The van der Waals surface area contributed by atoms with E-state index in [0.29, 0.717) is 6.54 Å². The molecule has 0 saturated heterocycles. The highest BCUT2D eigenvalue weighted by Crippen LogP contribution is 1.92. The topological polar surface area (TPSA) is 103 Å². The first-order valence-electron chi connectivity index (χ1n) is 3.55. The normalized spacial score (nSPS) is 9.18. The second-order valence-corrected chi connectivity index (χ2v) is 2.28. The third-order valence-corrected chi connectivity index (χ3v) is 1.32. The summed E-state index contributed by atoms with van der Waals surface area (Å²) in [6.45, 7) is 2.58. The van der Waals surface area contributed by atoms with Crippen molar-refractivity contribution in [3.8, 4) is 0 Å². The van der Waals surface area contributed by atoms with Crippen molar-refractivity contribution in [1.29, 1.82) is 10.8 Å². The van der Waals surface area contributed by atoms with Gasteiger partial charge in [0.05, 0.1) is 0 Å². The number of nitrogens with two attached hydrogens (primary N) is 2. The van der Waals surface area contributed by atoms with Crippen LogP contribution in [0.3, 0.4) is 0 Å². The van der Waals surface area contributed by atoms with Gasteiger partial charge in [0.2, 0.25) is 0 Å². The molecule has 0 unspecified atom stereocenters. The Balaban J connectivity index is 3.90. The maximum atomic E-state index is 7.04. The summed E-state index contributed by atoms with van der Waals surface area (Å²) in [5.41, 5.74) is 10.3. The molecule has 11 heavy (non-hydrogen) atoms. The molecule has 0 amide bonds. The minimum atomic E-state index is -0.161. The van der Waals surface area contributed by atoms with Crippen LogP contribution in [0.5, 0.6) is 0 Å². The lowest BCUT2D eigenvalue weighted by molar-refractivity contribution is 0.552. The molecule has 0 radical (unpaired) electrons. The number of hydrogen-bond acceptors (Lipinski definition) is 2. The second kappa shape index (κ2) is 4.54. The van der Waals surface area contributed by atoms with Crippen molar-refractivity contribution in [3.63, 3.8) is 0 Å². The molecule has 0 spiro atoms. The zero-order chi connectivity index (χ0) is 8.85. The molecule has 0 saturated carbocycles. The van der Waals surface area contributed by atoms with Gasteiger partial charge in [-0.2, -0.15) is 0 Å². The zero-order valence-corrected chi connectivity index (χ0v) is 6.72. The predicted molar refractivity (Wildman–Crippen MR) is 45.4 cm³/mol. The molecule has 0 aliphatic carbocycles. The Bertz CT molecular complexity index is 139. The van der Waals surface area contributed by atoms with Gasteiger partial charge in [-0.25, -0.2) is 0 Å². The summed E-state index contributed by atoms with van der Waals surface area (Å²) in [5.74, 6) is -0.322. The first-order valence-corrected chi connectivity index (χ1v) is 3.55. The van der Waals surface area contributed by atoms with Crippen LogP contribution in [-0.2, 0) is 0 Å². The molecular formula is C6H15N5.